The number of primary amides is 1. The summed E-state index contributed by atoms with van der Waals surface area (Å²) >= 11 is 13.8. The first-order valence-corrected chi connectivity index (χ1v) is 12.6. The molecular weight excluding hydrogens is 491 g/mol. The van der Waals surface area contributed by atoms with E-state index in [4.69, 9.17) is 39.7 Å². The summed E-state index contributed by atoms with van der Waals surface area (Å²) in [6.07, 6.45) is 4.98. The zero-order valence-electron chi connectivity index (χ0n) is 18.8. The molecule has 0 atom stereocenters. The first-order valence-electron chi connectivity index (χ1n) is 11.0. The third-order valence-corrected chi connectivity index (χ3v) is 6.94. The van der Waals surface area contributed by atoms with Crippen LogP contribution in [0, 0.1) is 17.8 Å². The molecule has 0 bridgehead atoms. The lowest BCUT2D eigenvalue weighted by molar-refractivity contribution is -0.120. The van der Waals surface area contributed by atoms with Crippen LogP contribution in [0.3, 0.4) is 0 Å². The van der Waals surface area contributed by atoms with E-state index in [1.165, 1.54) is 24.2 Å². The van der Waals surface area contributed by atoms with Gasteiger partial charge in [0.25, 0.3) is 5.91 Å². The maximum atomic E-state index is 12.0. The average molecular weight is 517 g/mol. The number of thiophene rings is 1. The summed E-state index contributed by atoms with van der Waals surface area (Å²) in [6.45, 7) is 1.71. The van der Waals surface area contributed by atoms with Crippen LogP contribution in [0.15, 0.2) is 46.6 Å². The van der Waals surface area contributed by atoms with Crippen molar-refractivity contribution in [1.82, 2.24) is 5.32 Å². The predicted molar refractivity (Wildman–Crippen MR) is 140 cm³/mol. The minimum Gasteiger partial charge on any atom is -0.394 e. The fourth-order valence-corrected chi connectivity index (χ4v) is 4.84. The van der Waals surface area contributed by atoms with Crippen LogP contribution in [0.5, 0.6) is 0 Å². The lowest BCUT2D eigenvalue weighted by atomic mass is 10.1. The highest BCUT2D eigenvalue weighted by Gasteiger charge is 2.20. The van der Waals surface area contributed by atoms with Gasteiger partial charge >= 0.3 is 0 Å². The van der Waals surface area contributed by atoms with E-state index in [-0.39, 0.29) is 24.6 Å². The van der Waals surface area contributed by atoms with Crippen LogP contribution < -0.4 is 16.8 Å². The number of rotatable bonds is 7. The molecule has 1 aromatic carbocycles. The number of nitrogens with one attached hydrogen (secondary N) is 1. The molecule has 9 heteroatoms. The smallest absolute Gasteiger partial charge is 0.265 e. The number of halogens is 2. The second-order valence-electron chi connectivity index (χ2n) is 7.86. The van der Waals surface area contributed by atoms with Crippen molar-refractivity contribution in [3.63, 3.8) is 0 Å². The number of carbonyl (C=O) groups excluding carboxylic acids is 2. The Hall–Kier alpha value is -2.79. The van der Waals surface area contributed by atoms with Gasteiger partial charge in [-0.1, -0.05) is 54.8 Å². The van der Waals surface area contributed by atoms with Gasteiger partial charge in [0.05, 0.1) is 26.2 Å². The molecule has 2 aromatic rings. The minimum atomic E-state index is -0.812. The molecule has 3 rings (SSSR count). The van der Waals surface area contributed by atoms with Gasteiger partial charge in [-0.2, -0.15) is 0 Å². The summed E-state index contributed by atoms with van der Waals surface area (Å²) in [5.41, 5.74) is 12.5. The molecule has 1 saturated carbocycles. The van der Waals surface area contributed by atoms with Crippen LogP contribution in [0.1, 0.15) is 48.8 Å². The van der Waals surface area contributed by atoms with E-state index in [1.807, 2.05) is 12.1 Å². The van der Waals surface area contributed by atoms with Crippen LogP contribution in [0.4, 0.5) is 5.69 Å². The zero-order valence-corrected chi connectivity index (χ0v) is 21.1. The van der Waals surface area contributed by atoms with Gasteiger partial charge in [0, 0.05) is 29.5 Å². The molecule has 6 nitrogen and oxygen atoms in total. The Labute approximate surface area is 213 Å². The maximum absolute atomic E-state index is 12.0. The largest absolute Gasteiger partial charge is 0.394 e. The van der Waals surface area contributed by atoms with E-state index in [2.05, 4.69) is 17.2 Å². The van der Waals surface area contributed by atoms with Crippen molar-refractivity contribution in [1.29, 1.82) is 0 Å². The number of amides is 2. The molecule has 1 aliphatic carbocycles. The molecule has 0 radical (unpaired) electrons. The summed E-state index contributed by atoms with van der Waals surface area (Å²) in [7, 11) is 0. The molecule has 2 amide bonds. The van der Waals surface area contributed by atoms with Gasteiger partial charge in [-0.05, 0) is 43.2 Å². The fourth-order valence-electron chi connectivity index (χ4n) is 3.51. The Kier molecular flexibility index (Phi) is 9.17. The standard InChI is InChI=1S/C25H26Cl2N4O2S/c1-2-22(32)30-14-18(23(28)25(29)33)24(31-20-11-8-16(26)13-19(20)27)21-12-10-17(34-21)9-7-15-5-3-4-6-15/h8,10-13,15H,2-6,14,28H2,1H3,(H2,29,33)(H,30,32)/b23-18-,31-24?. The maximum Gasteiger partial charge on any atom is 0.265 e. The lowest BCUT2D eigenvalue weighted by Crippen LogP contribution is -2.32. The first kappa shape index (κ1) is 25.8. The van der Waals surface area contributed by atoms with E-state index < -0.39 is 5.91 Å². The number of nitrogens with zero attached hydrogens (tertiary/aromatic N) is 1. The third kappa shape index (κ3) is 6.86. The van der Waals surface area contributed by atoms with Crippen LogP contribution in [0.25, 0.3) is 0 Å². The number of benzene rings is 1. The van der Waals surface area contributed by atoms with Crippen molar-refractivity contribution in [3.05, 3.63) is 61.4 Å². The highest BCUT2D eigenvalue weighted by molar-refractivity contribution is 7.14. The minimum absolute atomic E-state index is 0.0214. The third-order valence-electron chi connectivity index (χ3n) is 5.40. The van der Waals surface area contributed by atoms with Crippen molar-refractivity contribution in [2.75, 3.05) is 6.54 Å². The molecule has 1 aromatic heterocycles. The van der Waals surface area contributed by atoms with Crippen LogP contribution in [0.2, 0.25) is 10.0 Å². The van der Waals surface area contributed by atoms with Gasteiger partial charge in [-0.3, -0.25) is 9.59 Å². The van der Waals surface area contributed by atoms with Crippen molar-refractivity contribution in [2.24, 2.45) is 22.4 Å². The lowest BCUT2D eigenvalue weighted by Gasteiger charge is -2.14. The molecule has 178 valence electrons. The highest BCUT2D eigenvalue weighted by atomic mass is 35.5. The van der Waals surface area contributed by atoms with E-state index in [9.17, 15) is 9.59 Å². The number of hydrogen-bond donors (Lipinski definition) is 3. The topological polar surface area (TPSA) is 111 Å². The Bertz CT molecular complexity index is 1200. The predicted octanol–water partition coefficient (Wildman–Crippen LogP) is 4.94. The molecule has 34 heavy (non-hydrogen) atoms. The molecule has 1 heterocycles. The normalized spacial score (nSPS) is 14.9. The van der Waals surface area contributed by atoms with E-state index in [1.54, 1.807) is 25.1 Å². The highest BCUT2D eigenvalue weighted by Crippen LogP contribution is 2.31. The SMILES string of the molecule is CCC(=O)NC/C(C(=Nc1ccc(Cl)cc1Cl)c1ccc(C#CC2CCCC2)s1)=C(/N)C(N)=O. The molecule has 1 aliphatic rings. The Morgan fingerprint density at radius 1 is 1.18 bits per heavy atom. The molecule has 0 unspecified atom stereocenters. The van der Waals surface area contributed by atoms with Crippen molar-refractivity contribution in [2.45, 2.75) is 39.0 Å². The van der Waals surface area contributed by atoms with Gasteiger partial charge in [-0.25, -0.2) is 4.99 Å². The number of aliphatic imine (C=N–C) groups is 1. The fraction of sp³-hybridized carbons (Fsp3) is 0.320. The Morgan fingerprint density at radius 2 is 1.91 bits per heavy atom. The molecule has 0 spiro atoms. The van der Waals surface area contributed by atoms with E-state index in [0.29, 0.717) is 37.8 Å². The Morgan fingerprint density at radius 3 is 2.56 bits per heavy atom. The van der Waals surface area contributed by atoms with E-state index >= 15 is 0 Å². The van der Waals surface area contributed by atoms with Gasteiger partial charge in [0.2, 0.25) is 5.91 Å². The number of nitrogens with two attached hydrogens (primary N) is 2. The first-order chi connectivity index (χ1) is 16.3. The molecule has 1 fully saturated rings. The number of carbonyl (C=O) groups is 2. The van der Waals surface area contributed by atoms with Crippen molar-refractivity contribution >= 4 is 57.8 Å². The van der Waals surface area contributed by atoms with Crippen molar-refractivity contribution in [3.8, 4) is 11.8 Å². The summed E-state index contributed by atoms with van der Waals surface area (Å²) < 4.78 is 0. The summed E-state index contributed by atoms with van der Waals surface area (Å²) in [5.74, 6) is 6.02. The van der Waals surface area contributed by atoms with Gasteiger partial charge in [-0.15, -0.1) is 11.3 Å². The zero-order chi connectivity index (χ0) is 24.7. The molecule has 0 aliphatic heterocycles. The second-order valence-corrected chi connectivity index (χ2v) is 9.78. The van der Waals surface area contributed by atoms with E-state index in [0.717, 1.165) is 17.7 Å². The quantitative estimate of drug-likeness (QED) is 0.275. The van der Waals surface area contributed by atoms with Crippen LogP contribution >= 0.6 is 34.5 Å². The molecular formula is C25H26Cl2N4O2S. The second kappa shape index (κ2) is 12.1. The Balaban J connectivity index is 2.09. The van der Waals surface area contributed by atoms with Crippen LogP contribution in [-0.2, 0) is 9.59 Å². The van der Waals surface area contributed by atoms with Crippen molar-refractivity contribution < 1.29 is 9.59 Å². The van der Waals surface area contributed by atoms with Gasteiger partial charge < -0.3 is 16.8 Å². The average Bonchev–Trinajstić information content (AvgIpc) is 3.50. The van der Waals surface area contributed by atoms with Gasteiger partial charge in [0.1, 0.15) is 5.70 Å². The summed E-state index contributed by atoms with van der Waals surface area (Å²) in [6, 6.07) is 8.68. The monoisotopic (exact) mass is 516 g/mol. The summed E-state index contributed by atoms with van der Waals surface area (Å²) in [4.78, 5) is 30.3. The molecule has 5 N–H and O–H groups in total. The van der Waals surface area contributed by atoms with Crippen LogP contribution in [-0.4, -0.2) is 24.1 Å². The summed E-state index contributed by atoms with van der Waals surface area (Å²) in [5, 5.41) is 3.55. The van der Waals surface area contributed by atoms with Gasteiger partial charge in [0.15, 0.2) is 0 Å². The number of hydrogen-bond acceptors (Lipinski definition) is 5. The molecule has 0 saturated heterocycles.